The lowest BCUT2D eigenvalue weighted by Crippen LogP contribution is -2.46. The minimum absolute atomic E-state index is 0.0498. The van der Waals surface area contributed by atoms with Gasteiger partial charge in [0, 0.05) is 61.5 Å². The average Bonchev–Trinajstić information content (AvgIpc) is 3.62. The van der Waals surface area contributed by atoms with Gasteiger partial charge in [-0.3, -0.25) is 9.69 Å². The van der Waals surface area contributed by atoms with Gasteiger partial charge in [-0.25, -0.2) is 13.8 Å². The maximum atomic E-state index is 13.7. The number of carbonyl (C=O) groups is 1. The normalized spacial score (nSPS) is 23.8. The van der Waals surface area contributed by atoms with E-state index in [1.165, 1.54) is 0 Å². The number of benzene rings is 2. The molecule has 2 aromatic carbocycles. The summed E-state index contributed by atoms with van der Waals surface area (Å²) >= 11 is 6.24. The summed E-state index contributed by atoms with van der Waals surface area (Å²) in [7, 11) is 0. The highest BCUT2D eigenvalue weighted by Gasteiger charge is 2.45. The van der Waals surface area contributed by atoms with E-state index in [4.69, 9.17) is 11.6 Å². The number of fused-ring (bicyclic) bond motifs is 3. The second kappa shape index (κ2) is 9.76. The van der Waals surface area contributed by atoms with Gasteiger partial charge in [-0.1, -0.05) is 48.0 Å². The van der Waals surface area contributed by atoms with Crippen molar-refractivity contribution in [1.29, 1.82) is 0 Å². The standard InChI is InChI=1S/C30H33ClF2N4O/c1-21(36-18-14-29(32,33)20-36)22-11-16-35(17-12-22)27(38)10-13-30(23-6-8-24(31)9-7-23)26-5-3-2-4-25(26)28-34-15-19-37(28)30/h2-9,15,19,21-22H,10-14,16-18,20H2,1H3. The van der Waals surface area contributed by atoms with E-state index >= 15 is 0 Å². The molecule has 3 aliphatic rings. The van der Waals surface area contributed by atoms with Crippen molar-refractivity contribution < 1.29 is 13.6 Å². The Morgan fingerprint density at radius 2 is 1.84 bits per heavy atom. The lowest BCUT2D eigenvalue weighted by molar-refractivity contribution is -0.133. The Morgan fingerprint density at radius 3 is 2.55 bits per heavy atom. The minimum atomic E-state index is -2.57. The van der Waals surface area contributed by atoms with Gasteiger partial charge in [0.15, 0.2) is 0 Å². The van der Waals surface area contributed by atoms with Crippen LogP contribution in [-0.2, 0) is 10.3 Å². The van der Waals surface area contributed by atoms with Crippen molar-refractivity contribution in [2.24, 2.45) is 5.92 Å². The molecule has 0 N–H and O–H groups in total. The van der Waals surface area contributed by atoms with Crippen LogP contribution in [0.15, 0.2) is 60.9 Å². The van der Waals surface area contributed by atoms with Crippen molar-refractivity contribution in [2.75, 3.05) is 26.2 Å². The first-order valence-electron chi connectivity index (χ1n) is 13.6. The molecule has 4 heterocycles. The lowest BCUT2D eigenvalue weighted by atomic mass is 9.79. The second-order valence-electron chi connectivity index (χ2n) is 11.1. The van der Waals surface area contributed by atoms with Gasteiger partial charge in [-0.15, -0.1) is 0 Å². The third kappa shape index (κ3) is 4.34. The zero-order chi connectivity index (χ0) is 26.5. The highest BCUT2D eigenvalue weighted by molar-refractivity contribution is 6.30. The van der Waals surface area contributed by atoms with Gasteiger partial charge in [0.25, 0.3) is 5.92 Å². The molecule has 2 unspecified atom stereocenters. The van der Waals surface area contributed by atoms with Crippen LogP contribution in [0.3, 0.4) is 0 Å². The smallest absolute Gasteiger partial charge is 0.261 e. The fraction of sp³-hybridized carbons (Fsp3) is 0.467. The van der Waals surface area contributed by atoms with Crippen molar-refractivity contribution in [3.63, 3.8) is 0 Å². The van der Waals surface area contributed by atoms with Crippen LogP contribution < -0.4 is 0 Å². The van der Waals surface area contributed by atoms with E-state index in [0.29, 0.717) is 43.4 Å². The molecule has 6 rings (SSSR count). The SMILES string of the molecule is CC(C1CCN(C(=O)CCC2(c3ccc(Cl)cc3)c3ccccc3-c3nccn32)CC1)N1CCC(F)(F)C1. The van der Waals surface area contributed by atoms with Crippen LogP contribution >= 0.6 is 11.6 Å². The van der Waals surface area contributed by atoms with Gasteiger partial charge in [0.2, 0.25) is 5.91 Å². The molecule has 1 amide bonds. The number of aromatic nitrogens is 2. The molecule has 3 aliphatic heterocycles. The molecule has 1 aromatic heterocycles. The van der Waals surface area contributed by atoms with Crippen molar-refractivity contribution in [1.82, 2.24) is 19.4 Å². The van der Waals surface area contributed by atoms with Gasteiger partial charge in [-0.05, 0) is 55.4 Å². The Bertz CT molecular complexity index is 1320. The highest BCUT2D eigenvalue weighted by atomic mass is 35.5. The van der Waals surface area contributed by atoms with Gasteiger partial charge >= 0.3 is 0 Å². The zero-order valence-electron chi connectivity index (χ0n) is 21.6. The topological polar surface area (TPSA) is 41.4 Å². The monoisotopic (exact) mass is 538 g/mol. The number of carbonyl (C=O) groups excluding carboxylic acids is 1. The maximum absolute atomic E-state index is 13.7. The van der Waals surface area contributed by atoms with Crippen LogP contribution in [0.25, 0.3) is 11.4 Å². The van der Waals surface area contributed by atoms with E-state index in [-0.39, 0.29) is 24.9 Å². The maximum Gasteiger partial charge on any atom is 0.261 e. The Hall–Kier alpha value is -2.77. The minimum Gasteiger partial charge on any atom is -0.343 e. The number of nitrogens with zero attached hydrogens (tertiary/aromatic N) is 4. The summed E-state index contributed by atoms with van der Waals surface area (Å²) in [6.45, 7) is 3.74. The third-order valence-electron chi connectivity index (χ3n) is 9.04. The highest BCUT2D eigenvalue weighted by Crippen LogP contribution is 2.49. The quantitative estimate of drug-likeness (QED) is 0.383. The first kappa shape index (κ1) is 25.5. The molecule has 3 aromatic rings. The van der Waals surface area contributed by atoms with Crippen molar-refractivity contribution in [3.8, 4) is 11.4 Å². The van der Waals surface area contributed by atoms with Crippen LogP contribution in [-0.4, -0.2) is 63.4 Å². The predicted octanol–water partition coefficient (Wildman–Crippen LogP) is 6.06. The van der Waals surface area contributed by atoms with Crippen molar-refractivity contribution in [3.05, 3.63) is 77.1 Å². The fourth-order valence-electron chi connectivity index (χ4n) is 6.88. The first-order chi connectivity index (χ1) is 18.3. The molecule has 2 saturated heterocycles. The molecule has 38 heavy (non-hydrogen) atoms. The second-order valence-corrected chi connectivity index (χ2v) is 11.5. The fourth-order valence-corrected chi connectivity index (χ4v) is 7.01. The molecule has 0 spiro atoms. The summed E-state index contributed by atoms with van der Waals surface area (Å²) in [5.74, 6) is -1.18. The molecule has 5 nitrogen and oxygen atoms in total. The largest absolute Gasteiger partial charge is 0.343 e. The van der Waals surface area contributed by atoms with Crippen LogP contribution in [0, 0.1) is 5.92 Å². The number of rotatable bonds is 6. The van der Waals surface area contributed by atoms with Crippen LogP contribution in [0.1, 0.15) is 50.2 Å². The number of likely N-dealkylation sites (tertiary alicyclic amines) is 2. The van der Waals surface area contributed by atoms with E-state index in [0.717, 1.165) is 35.4 Å². The number of imidazole rings is 1. The number of hydrogen-bond donors (Lipinski definition) is 0. The molecule has 2 atom stereocenters. The summed E-state index contributed by atoms with van der Waals surface area (Å²) in [6.07, 6.45) is 6.48. The Balaban J connectivity index is 1.18. The summed E-state index contributed by atoms with van der Waals surface area (Å²) < 4.78 is 29.7. The number of piperidine rings is 1. The Kier molecular flexibility index (Phi) is 6.55. The zero-order valence-corrected chi connectivity index (χ0v) is 22.4. The molecule has 0 radical (unpaired) electrons. The van der Waals surface area contributed by atoms with Gasteiger partial charge < -0.3 is 9.47 Å². The predicted molar refractivity (Wildman–Crippen MR) is 144 cm³/mol. The van der Waals surface area contributed by atoms with Crippen LogP contribution in [0.5, 0.6) is 0 Å². The summed E-state index contributed by atoms with van der Waals surface area (Å²) in [4.78, 5) is 22.1. The van der Waals surface area contributed by atoms with E-state index in [9.17, 15) is 13.6 Å². The van der Waals surface area contributed by atoms with Gasteiger partial charge in [-0.2, -0.15) is 0 Å². The Morgan fingerprint density at radius 1 is 1.11 bits per heavy atom. The van der Waals surface area contributed by atoms with Crippen LogP contribution in [0.4, 0.5) is 8.78 Å². The van der Waals surface area contributed by atoms with Gasteiger partial charge in [0.05, 0.1) is 12.1 Å². The summed E-state index contributed by atoms with van der Waals surface area (Å²) in [6, 6.07) is 16.3. The molecule has 200 valence electrons. The first-order valence-corrected chi connectivity index (χ1v) is 14.0. The van der Waals surface area contributed by atoms with E-state index in [1.54, 1.807) is 0 Å². The molecule has 8 heteroatoms. The van der Waals surface area contributed by atoms with Gasteiger partial charge in [0.1, 0.15) is 5.82 Å². The molecule has 0 aliphatic carbocycles. The number of hydrogen-bond acceptors (Lipinski definition) is 3. The van der Waals surface area contributed by atoms with Crippen molar-refractivity contribution >= 4 is 17.5 Å². The van der Waals surface area contributed by atoms with E-state index < -0.39 is 11.5 Å². The molecule has 0 bridgehead atoms. The molecular weight excluding hydrogens is 506 g/mol. The lowest BCUT2D eigenvalue weighted by Gasteiger charge is -2.39. The van der Waals surface area contributed by atoms with E-state index in [1.807, 2.05) is 58.6 Å². The molecule has 2 fully saturated rings. The van der Waals surface area contributed by atoms with E-state index in [2.05, 4.69) is 28.6 Å². The number of alkyl halides is 2. The number of halogens is 3. The number of amides is 1. The summed E-state index contributed by atoms with van der Waals surface area (Å²) in [5.41, 5.74) is 2.76. The third-order valence-corrected chi connectivity index (χ3v) is 9.29. The Labute approximate surface area is 227 Å². The average molecular weight is 539 g/mol. The molecule has 0 saturated carbocycles. The summed E-state index contributed by atoms with van der Waals surface area (Å²) in [5, 5.41) is 0.673. The molecular formula is C30H33ClF2N4O. The van der Waals surface area contributed by atoms with Crippen molar-refractivity contribution in [2.45, 2.75) is 56.5 Å². The van der Waals surface area contributed by atoms with Crippen LogP contribution in [0.2, 0.25) is 5.02 Å².